The zero-order chi connectivity index (χ0) is 45.9. The molecule has 0 heterocycles. The Hall–Kier alpha value is -1.92. The summed E-state index contributed by atoms with van der Waals surface area (Å²) in [5.74, 6) is -0.482. The van der Waals surface area contributed by atoms with Crippen molar-refractivity contribution in [2.75, 3.05) is 6.61 Å². The van der Waals surface area contributed by atoms with Crippen LogP contribution < -0.4 is 5.32 Å². The molecule has 0 bridgehead atoms. The maximum atomic E-state index is 13.2. The number of unbranched alkanes of at least 4 members (excludes halogenated alkanes) is 34. The number of carbonyl (C=O) groups excluding carboxylic acids is 2. The van der Waals surface area contributed by atoms with Gasteiger partial charge in [-0.3, -0.25) is 9.59 Å². The van der Waals surface area contributed by atoms with E-state index in [-0.39, 0.29) is 24.9 Å². The summed E-state index contributed by atoms with van der Waals surface area (Å²) in [6.07, 6.45) is 60.6. The Kier molecular flexibility index (Phi) is 49.5. The van der Waals surface area contributed by atoms with E-state index in [9.17, 15) is 19.8 Å². The summed E-state index contributed by atoms with van der Waals surface area (Å²) in [7, 11) is 0. The van der Waals surface area contributed by atoms with Gasteiger partial charge in [0.25, 0.3) is 0 Å². The molecule has 0 aliphatic heterocycles. The first kappa shape index (κ1) is 61.1. The fourth-order valence-electron chi connectivity index (χ4n) is 8.61. The number of allylic oxidation sites excluding steroid dienone is 6. The number of hydrogen-bond acceptors (Lipinski definition) is 5. The van der Waals surface area contributed by atoms with E-state index in [1.807, 2.05) is 0 Å². The van der Waals surface area contributed by atoms with Gasteiger partial charge in [-0.1, -0.05) is 269 Å². The van der Waals surface area contributed by atoms with Gasteiger partial charge >= 0.3 is 5.97 Å². The lowest BCUT2D eigenvalue weighted by molar-refractivity contribution is -0.151. The summed E-state index contributed by atoms with van der Waals surface area (Å²) < 4.78 is 5.94. The van der Waals surface area contributed by atoms with Crippen LogP contribution in [0.5, 0.6) is 0 Å². The van der Waals surface area contributed by atoms with Crippen LogP contribution in [0.25, 0.3) is 0 Å². The lowest BCUT2D eigenvalue weighted by Gasteiger charge is -2.24. The largest absolute Gasteiger partial charge is 0.462 e. The maximum Gasteiger partial charge on any atom is 0.306 e. The number of nitrogens with one attached hydrogen (secondary N) is 1. The highest BCUT2D eigenvalue weighted by Gasteiger charge is 2.24. The number of ether oxygens (including phenoxy) is 1. The van der Waals surface area contributed by atoms with Gasteiger partial charge in [0.2, 0.25) is 5.91 Å². The van der Waals surface area contributed by atoms with Crippen molar-refractivity contribution in [3.8, 4) is 0 Å². The van der Waals surface area contributed by atoms with Gasteiger partial charge in [0.15, 0.2) is 0 Å². The molecule has 0 aromatic carbocycles. The third kappa shape index (κ3) is 46.4. The Morgan fingerprint density at radius 1 is 0.476 bits per heavy atom. The van der Waals surface area contributed by atoms with Gasteiger partial charge in [-0.15, -0.1) is 0 Å². The average molecular weight is 886 g/mol. The molecule has 0 aromatic rings. The van der Waals surface area contributed by atoms with Gasteiger partial charge in [-0.05, 0) is 44.9 Å². The Morgan fingerprint density at radius 3 is 1.29 bits per heavy atom. The Morgan fingerprint density at radius 2 is 0.857 bits per heavy atom. The van der Waals surface area contributed by atoms with Crippen LogP contribution in [0.15, 0.2) is 36.5 Å². The van der Waals surface area contributed by atoms with Crippen molar-refractivity contribution in [2.24, 2.45) is 0 Å². The van der Waals surface area contributed by atoms with Crippen LogP contribution in [0.2, 0.25) is 0 Å². The first-order valence-corrected chi connectivity index (χ1v) is 27.7. The number of hydrogen-bond donors (Lipinski definition) is 3. The minimum absolute atomic E-state index is 0.0737. The minimum atomic E-state index is -0.789. The van der Waals surface area contributed by atoms with Crippen molar-refractivity contribution in [2.45, 2.75) is 309 Å². The molecular formula is C57H107NO5. The second kappa shape index (κ2) is 51.1. The summed E-state index contributed by atoms with van der Waals surface area (Å²) in [5, 5.41) is 23.8. The van der Waals surface area contributed by atoms with E-state index in [0.29, 0.717) is 19.3 Å². The molecule has 3 unspecified atom stereocenters. The average Bonchev–Trinajstić information content (AvgIpc) is 3.28. The molecule has 1 amide bonds. The van der Waals surface area contributed by atoms with Gasteiger partial charge < -0.3 is 20.3 Å². The summed E-state index contributed by atoms with van der Waals surface area (Å²) >= 11 is 0. The standard InChI is InChI=1S/C57H107NO5/c1-4-7-10-13-16-19-22-25-27-28-29-31-33-36-39-42-45-48-53(63-57(62)50-47-44-41-38-35-30-24-21-18-15-12-9-6-3)51-56(61)58-54(52-59)55(60)49-46-43-40-37-34-32-26-23-20-17-14-11-8-5-2/h9,12,15,18,21,24,53-55,59-60H,4-8,10-11,13-14,16-17,19-20,22-23,25-52H2,1-3H3,(H,58,61)/b12-9+,18-15+,24-21-. The molecule has 0 spiro atoms. The molecule has 0 aromatic heterocycles. The third-order valence-corrected chi connectivity index (χ3v) is 12.8. The second-order valence-corrected chi connectivity index (χ2v) is 19.0. The zero-order valence-electron chi connectivity index (χ0n) is 42.2. The molecule has 0 saturated heterocycles. The zero-order valence-corrected chi connectivity index (χ0v) is 42.2. The molecule has 63 heavy (non-hydrogen) atoms. The quantitative estimate of drug-likeness (QED) is 0.0321. The summed E-state index contributed by atoms with van der Waals surface area (Å²) in [5.41, 5.74) is 0. The summed E-state index contributed by atoms with van der Waals surface area (Å²) in [4.78, 5) is 26.2. The van der Waals surface area contributed by atoms with Crippen LogP contribution in [0.3, 0.4) is 0 Å². The molecule has 370 valence electrons. The van der Waals surface area contributed by atoms with Crippen molar-refractivity contribution in [1.29, 1.82) is 0 Å². The monoisotopic (exact) mass is 886 g/mol. The smallest absolute Gasteiger partial charge is 0.306 e. The predicted octanol–water partition coefficient (Wildman–Crippen LogP) is 16.8. The van der Waals surface area contributed by atoms with Crippen LogP contribution >= 0.6 is 0 Å². The topological polar surface area (TPSA) is 95.9 Å². The number of carbonyl (C=O) groups is 2. The van der Waals surface area contributed by atoms with Crippen molar-refractivity contribution in [3.05, 3.63) is 36.5 Å². The minimum Gasteiger partial charge on any atom is -0.462 e. The molecule has 0 radical (unpaired) electrons. The Bertz CT molecular complexity index is 1040. The molecular weight excluding hydrogens is 779 g/mol. The van der Waals surface area contributed by atoms with E-state index >= 15 is 0 Å². The Balaban J connectivity index is 4.55. The summed E-state index contributed by atoms with van der Waals surface area (Å²) in [6.45, 7) is 6.38. The normalized spacial score (nSPS) is 13.4. The fraction of sp³-hybridized carbons (Fsp3) is 0.860. The van der Waals surface area contributed by atoms with Crippen LogP contribution in [-0.4, -0.2) is 46.9 Å². The van der Waals surface area contributed by atoms with Gasteiger partial charge in [0, 0.05) is 6.42 Å². The first-order chi connectivity index (χ1) is 31.0. The van der Waals surface area contributed by atoms with Crippen LogP contribution in [0, 0.1) is 0 Å². The van der Waals surface area contributed by atoms with Gasteiger partial charge in [-0.25, -0.2) is 0 Å². The van der Waals surface area contributed by atoms with E-state index in [2.05, 4.69) is 62.5 Å². The molecule has 0 rings (SSSR count). The highest BCUT2D eigenvalue weighted by atomic mass is 16.5. The molecule has 3 atom stereocenters. The van der Waals surface area contributed by atoms with Crippen LogP contribution in [0.1, 0.15) is 290 Å². The van der Waals surface area contributed by atoms with Gasteiger partial charge in [-0.2, -0.15) is 0 Å². The molecule has 0 aliphatic rings. The third-order valence-electron chi connectivity index (χ3n) is 12.8. The maximum absolute atomic E-state index is 13.2. The number of aliphatic hydroxyl groups is 2. The van der Waals surface area contributed by atoms with Crippen molar-refractivity contribution in [3.63, 3.8) is 0 Å². The number of esters is 1. The molecule has 0 aliphatic carbocycles. The summed E-state index contributed by atoms with van der Waals surface area (Å²) in [6, 6.07) is -0.703. The van der Waals surface area contributed by atoms with Gasteiger partial charge in [0.1, 0.15) is 6.10 Å². The highest BCUT2D eigenvalue weighted by molar-refractivity contribution is 5.77. The SMILES string of the molecule is CC/C=C/C=C/C=C\CCCCCCCC(=O)OC(CCCCCCCCCCCCCCCCCCC)CC(=O)NC(CO)C(O)CCCCCCCCCCCCCCCC. The lowest BCUT2D eigenvalue weighted by atomic mass is 10.0. The van der Waals surface area contributed by atoms with Gasteiger partial charge in [0.05, 0.1) is 25.2 Å². The van der Waals surface area contributed by atoms with Crippen molar-refractivity contribution < 1.29 is 24.5 Å². The molecule has 6 nitrogen and oxygen atoms in total. The van der Waals surface area contributed by atoms with E-state index in [1.165, 1.54) is 173 Å². The molecule has 0 fully saturated rings. The lowest BCUT2D eigenvalue weighted by Crippen LogP contribution is -2.46. The van der Waals surface area contributed by atoms with E-state index in [4.69, 9.17) is 4.74 Å². The second-order valence-electron chi connectivity index (χ2n) is 19.0. The predicted molar refractivity (Wildman–Crippen MR) is 273 cm³/mol. The first-order valence-electron chi connectivity index (χ1n) is 27.7. The Labute approximate surface area is 392 Å². The molecule has 3 N–H and O–H groups in total. The fourth-order valence-corrected chi connectivity index (χ4v) is 8.61. The van der Waals surface area contributed by atoms with E-state index in [1.54, 1.807) is 0 Å². The van der Waals surface area contributed by atoms with E-state index < -0.39 is 18.2 Å². The number of rotatable bonds is 50. The van der Waals surface area contributed by atoms with Crippen molar-refractivity contribution >= 4 is 11.9 Å². The number of aliphatic hydroxyl groups excluding tert-OH is 2. The highest BCUT2D eigenvalue weighted by Crippen LogP contribution is 2.19. The van der Waals surface area contributed by atoms with Crippen LogP contribution in [0.4, 0.5) is 0 Å². The molecule has 6 heteroatoms. The molecule has 0 saturated carbocycles. The number of amides is 1. The van der Waals surface area contributed by atoms with E-state index in [0.717, 1.165) is 70.6 Å². The van der Waals surface area contributed by atoms with Crippen molar-refractivity contribution in [1.82, 2.24) is 5.32 Å². The van der Waals surface area contributed by atoms with Crippen LogP contribution in [-0.2, 0) is 14.3 Å².